The van der Waals surface area contributed by atoms with Gasteiger partial charge in [0.05, 0.1) is 7.11 Å². The Labute approximate surface area is 118 Å². The Morgan fingerprint density at radius 1 is 1.45 bits per heavy atom. The van der Waals surface area contributed by atoms with Crippen LogP contribution in [0.1, 0.15) is 23.2 Å². The average Bonchev–Trinajstić information content (AvgIpc) is 2.47. The van der Waals surface area contributed by atoms with E-state index in [1.807, 2.05) is 0 Å². The van der Waals surface area contributed by atoms with Crippen molar-refractivity contribution < 1.29 is 13.9 Å². The summed E-state index contributed by atoms with van der Waals surface area (Å²) in [6, 6.07) is 4.43. The fraction of sp³-hybridized carbons (Fsp3) is 0.533. The molecule has 5 heteroatoms. The van der Waals surface area contributed by atoms with Gasteiger partial charge < -0.3 is 15.0 Å². The lowest BCUT2D eigenvalue weighted by molar-refractivity contribution is 0.0754. The Morgan fingerprint density at radius 3 is 2.80 bits per heavy atom. The lowest BCUT2D eigenvalue weighted by Crippen LogP contribution is -2.37. The zero-order valence-electron chi connectivity index (χ0n) is 12.0. The first kappa shape index (κ1) is 14.8. The molecule has 1 aromatic carbocycles. The summed E-state index contributed by atoms with van der Waals surface area (Å²) in [6.45, 7) is 2.61. The van der Waals surface area contributed by atoms with Crippen LogP contribution in [-0.2, 0) is 0 Å². The van der Waals surface area contributed by atoms with Crippen LogP contribution in [0.4, 0.5) is 4.39 Å². The number of methoxy groups -OCH3 is 1. The van der Waals surface area contributed by atoms with Gasteiger partial charge in [0.1, 0.15) is 17.1 Å². The smallest absolute Gasteiger partial charge is 0.260 e. The minimum Gasteiger partial charge on any atom is -0.496 e. The van der Waals surface area contributed by atoms with Gasteiger partial charge in [0.25, 0.3) is 5.91 Å². The average molecular weight is 280 g/mol. The highest BCUT2D eigenvalue weighted by atomic mass is 19.1. The third-order valence-electron chi connectivity index (χ3n) is 3.75. The highest BCUT2D eigenvalue weighted by molar-refractivity contribution is 5.97. The molecule has 1 saturated heterocycles. The van der Waals surface area contributed by atoms with Crippen molar-refractivity contribution >= 4 is 5.91 Å². The van der Waals surface area contributed by atoms with Crippen molar-refractivity contribution in [1.82, 2.24) is 10.2 Å². The molecule has 0 spiro atoms. The molecule has 110 valence electrons. The van der Waals surface area contributed by atoms with Gasteiger partial charge >= 0.3 is 0 Å². The van der Waals surface area contributed by atoms with Crippen LogP contribution in [-0.4, -0.2) is 44.6 Å². The first-order valence-electron chi connectivity index (χ1n) is 6.92. The summed E-state index contributed by atoms with van der Waals surface area (Å²) < 4.78 is 19.0. The highest BCUT2D eigenvalue weighted by Gasteiger charge is 2.23. The van der Waals surface area contributed by atoms with Crippen LogP contribution in [0, 0.1) is 11.7 Å². The molecule has 1 amide bonds. The van der Waals surface area contributed by atoms with E-state index in [1.54, 1.807) is 18.0 Å². The molecule has 1 heterocycles. The maximum Gasteiger partial charge on any atom is 0.260 e. The van der Waals surface area contributed by atoms with Gasteiger partial charge in [-0.1, -0.05) is 6.07 Å². The summed E-state index contributed by atoms with van der Waals surface area (Å²) in [4.78, 5) is 14.0. The molecule has 0 aromatic heterocycles. The van der Waals surface area contributed by atoms with E-state index in [-0.39, 0.29) is 17.2 Å². The molecule has 0 bridgehead atoms. The fourth-order valence-electron chi connectivity index (χ4n) is 2.61. The van der Waals surface area contributed by atoms with Crippen LogP contribution in [0.3, 0.4) is 0 Å². The van der Waals surface area contributed by atoms with E-state index in [9.17, 15) is 9.18 Å². The number of nitrogens with zero attached hydrogens (tertiary/aromatic N) is 1. The summed E-state index contributed by atoms with van der Waals surface area (Å²) in [5.74, 6) is -0.0971. The second-order valence-electron chi connectivity index (χ2n) is 5.20. The number of carbonyl (C=O) groups excluding carboxylic acids is 1. The molecule has 0 saturated carbocycles. The number of hydrogen-bond donors (Lipinski definition) is 1. The first-order valence-corrected chi connectivity index (χ1v) is 6.92. The third-order valence-corrected chi connectivity index (χ3v) is 3.75. The summed E-state index contributed by atoms with van der Waals surface area (Å²) >= 11 is 0. The molecule has 1 aromatic rings. The van der Waals surface area contributed by atoms with E-state index in [0.717, 1.165) is 25.9 Å². The van der Waals surface area contributed by atoms with E-state index < -0.39 is 5.82 Å². The Kier molecular flexibility index (Phi) is 4.95. The largest absolute Gasteiger partial charge is 0.496 e. The highest BCUT2D eigenvalue weighted by Crippen LogP contribution is 2.23. The van der Waals surface area contributed by atoms with Crippen LogP contribution in [0.5, 0.6) is 5.75 Å². The van der Waals surface area contributed by atoms with Crippen molar-refractivity contribution in [2.45, 2.75) is 12.8 Å². The Hall–Kier alpha value is -1.62. The van der Waals surface area contributed by atoms with Crippen molar-refractivity contribution in [3.8, 4) is 5.75 Å². The number of nitrogens with one attached hydrogen (secondary N) is 1. The molecular formula is C15H21FN2O2. The maximum absolute atomic E-state index is 13.9. The minimum atomic E-state index is -0.536. The molecule has 0 aliphatic carbocycles. The Morgan fingerprint density at radius 2 is 2.15 bits per heavy atom. The summed E-state index contributed by atoms with van der Waals surface area (Å²) in [6.07, 6.45) is 2.10. The number of piperidine rings is 1. The van der Waals surface area contributed by atoms with Gasteiger partial charge in [0.15, 0.2) is 0 Å². The molecule has 1 N–H and O–H groups in total. The van der Waals surface area contributed by atoms with Crippen molar-refractivity contribution in [2.75, 3.05) is 33.8 Å². The molecule has 1 fully saturated rings. The van der Waals surface area contributed by atoms with Crippen molar-refractivity contribution in [3.63, 3.8) is 0 Å². The number of rotatable bonds is 4. The van der Waals surface area contributed by atoms with Gasteiger partial charge in [0.2, 0.25) is 0 Å². The monoisotopic (exact) mass is 280 g/mol. The van der Waals surface area contributed by atoms with Gasteiger partial charge in [-0.3, -0.25) is 4.79 Å². The van der Waals surface area contributed by atoms with E-state index in [1.165, 1.54) is 19.2 Å². The van der Waals surface area contributed by atoms with E-state index in [0.29, 0.717) is 12.5 Å². The summed E-state index contributed by atoms with van der Waals surface area (Å²) in [5, 5.41) is 3.29. The first-order chi connectivity index (χ1) is 9.63. The number of amides is 1. The van der Waals surface area contributed by atoms with Crippen LogP contribution < -0.4 is 10.1 Å². The lowest BCUT2D eigenvalue weighted by atomic mass is 9.97. The van der Waals surface area contributed by atoms with E-state index in [4.69, 9.17) is 4.74 Å². The molecular weight excluding hydrogens is 259 g/mol. The van der Waals surface area contributed by atoms with Gasteiger partial charge in [-0.05, 0) is 44.0 Å². The third kappa shape index (κ3) is 3.28. The number of hydrogen-bond acceptors (Lipinski definition) is 3. The summed E-state index contributed by atoms with van der Waals surface area (Å²) in [7, 11) is 3.16. The van der Waals surface area contributed by atoms with Gasteiger partial charge in [-0.2, -0.15) is 0 Å². The van der Waals surface area contributed by atoms with Crippen LogP contribution in [0.2, 0.25) is 0 Å². The lowest BCUT2D eigenvalue weighted by Gasteiger charge is -2.28. The second kappa shape index (κ2) is 6.70. The number of halogens is 1. The molecule has 1 aliphatic rings. The minimum absolute atomic E-state index is 0.0198. The van der Waals surface area contributed by atoms with Crippen molar-refractivity contribution in [3.05, 3.63) is 29.6 Å². The number of carbonyl (C=O) groups is 1. The predicted octanol–water partition coefficient (Wildman–Crippen LogP) is 1.91. The summed E-state index contributed by atoms with van der Waals surface area (Å²) in [5.41, 5.74) is 0.0198. The van der Waals surface area contributed by atoms with E-state index in [2.05, 4.69) is 5.32 Å². The van der Waals surface area contributed by atoms with Crippen LogP contribution in [0.15, 0.2) is 18.2 Å². The number of benzene rings is 1. The molecule has 0 atom stereocenters. The zero-order valence-corrected chi connectivity index (χ0v) is 12.0. The van der Waals surface area contributed by atoms with Crippen LogP contribution in [0.25, 0.3) is 0 Å². The SMILES string of the molecule is COc1cccc(F)c1C(=O)N(C)CC1CCNCC1. The molecule has 0 unspecified atom stereocenters. The second-order valence-corrected chi connectivity index (χ2v) is 5.20. The van der Waals surface area contributed by atoms with Gasteiger partial charge in [0, 0.05) is 13.6 Å². The zero-order chi connectivity index (χ0) is 14.5. The molecule has 0 radical (unpaired) electrons. The Bertz CT molecular complexity index is 473. The fourth-order valence-corrected chi connectivity index (χ4v) is 2.61. The predicted molar refractivity (Wildman–Crippen MR) is 75.5 cm³/mol. The quantitative estimate of drug-likeness (QED) is 0.916. The molecule has 2 rings (SSSR count). The molecule has 1 aliphatic heterocycles. The maximum atomic E-state index is 13.9. The molecule has 4 nitrogen and oxygen atoms in total. The standard InChI is InChI=1S/C15H21FN2O2/c1-18(10-11-6-8-17-9-7-11)15(19)14-12(16)4-3-5-13(14)20-2/h3-5,11,17H,6-10H2,1-2H3. The van der Waals surface area contributed by atoms with Crippen molar-refractivity contribution in [1.29, 1.82) is 0 Å². The van der Waals surface area contributed by atoms with Crippen molar-refractivity contribution in [2.24, 2.45) is 5.92 Å². The van der Waals surface area contributed by atoms with Gasteiger partial charge in [-0.25, -0.2) is 4.39 Å². The van der Waals surface area contributed by atoms with Gasteiger partial charge in [-0.15, -0.1) is 0 Å². The topological polar surface area (TPSA) is 41.6 Å². The van der Waals surface area contributed by atoms with Crippen LogP contribution >= 0.6 is 0 Å². The Balaban J connectivity index is 2.10. The number of ether oxygens (including phenoxy) is 1. The molecule has 20 heavy (non-hydrogen) atoms. The van der Waals surface area contributed by atoms with E-state index >= 15 is 0 Å². The normalized spacial score (nSPS) is 15.9.